The van der Waals surface area contributed by atoms with E-state index in [2.05, 4.69) is 58.0 Å². The summed E-state index contributed by atoms with van der Waals surface area (Å²) in [5.41, 5.74) is 8.84. The zero-order valence-corrected chi connectivity index (χ0v) is 16.4. The van der Waals surface area contributed by atoms with Crippen LogP contribution in [0.4, 0.5) is 4.39 Å². The highest BCUT2D eigenvalue weighted by Gasteiger charge is 2.18. The second kappa shape index (κ2) is 5.90. The van der Waals surface area contributed by atoms with Crippen molar-refractivity contribution in [3.8, 4) is 11.3 Å². The molecule has 28 heavy (non-hydrogen) atoms. The van der Waals surface area contributed by atoms with Gasteiger partial charge in [0.2, 0.25) is 0 Å². The van der Waals surface area contributed by atoms with E-state index in [1.807, 2.05) is 0 Å². The van der Waals surface area contributed by atoms with Crippen LogP contribution in [0.15, 0.2) is 52.9 Å². The average molecular weight is 369 g/mol. The summed E-state index contributed by atoms with van der Waals surface area (Å²) in [6, 6.07) is 15.3. The minimum absolute atomic E-state index is 0.295. The maximum Gasteiger partial charge on any atom is 0.145 e. The Hall–Kier alpha value is -3.20. The third kappa shape index (κ3) is 2.43. The van der Waals surface area contributed by atoms with Gasteiger partial charge in [0.25, 0.3) is 0 Å². The Labute approximate surface area is 162 Å². The first-order valence-electron chi connectivity index (χ1n) is 9.43. The lowest BCUT2D eigenvalue weighted by atomic mass is 9.95. The molecule has 3 heteroatoms. The van der Waals surface area contributed by atoms with Gasteiger partial charge in [0.1, 0.15) is 17.0 Å². The molecule has 0 unspecified atom stereocenters. The summed E-state index contributed by atoms with van der Waals surface area (Å²) in [7, 11) is 0. The van der Waals surface area contributed by atoms with E-state index in [4.69, 9.17) is 9.40 Å². The van der Waals surface area contributed by atoms with Gasteiger partial charge >= 0.3 is 0 Å². The van der Waals surface area contributed by atoms with Gasteiger partial charge in [-0.2, -0.15) is 0 Å². The van der Waals surface area contributed by atoms with Crippen LogP contribution < -0.4 is 0 Å². The molecule has 3 aromatic carbocycles. The molecular weight excluding hydrogens is 349 g/mol. The monoisotopic (exact) mass is 369 g/mol. The highest BCUT2D eigenvalue weighted by atomic mass is 19.1. The Morgan fingerprint density at radius 3 is 2.39 bits per heavy atom. The van der Waals surface area contributed by atoms with Gasteiger partial charge in [0.05, 0.1) is 11.2 Å². The predicted molar refractivity (Wildman–Crippen MR) is 113 cm³/mol. The number of hydrogen-bond acceptors (Lipinski definition) is 2. The first-order chi connectivity index (χ1) is 13.4. The molecule has 5 aromatic rings. The number of halogens is 1. The van der Waals surface area contributed by atoms with Crippen LogP contribution in [0.25, 0.3) is 44.1 Å². The average Bonchev–Trinajstić information content (AvgIpc) is 2.98. The summed E-state index contributed by atoms with van der Waals surface area (Å²) in [5, 5.41) is 3.08. The standard InChI is InChI=1S/C25H20FNO/c1-13-5-7-18-15(3)11-22(27-21(18)9-13)24-16(4)14(2)10-20-19-8-6-17(26)12-23(19)28-25(20)24/h5-12H,1-4H3. The molecule has 0 radical (unpaired) electrons. The van der Waals surface area contributed by atoms with Crippen molar-refractivity contribution in [3.05, 3.63) is 76.6 Å². The van der Waals surface area contributed by atoms with Gasteiger partial charge in [-0.3, -0.25) is 0 Å². The number of nitrogens with zero attached hydrogens (tertiary/aromatic N) is 1. The van der Waals surface area contributed by atoms with Gasteiger partial charge in [0.15, 0.2) is 0 Å². The minimum atomic E-state index is -0.295. The number of aromatic nitrogens is 1. The van der Waals surface area contributed by atoms with E-state index < -0.39 is 0 Å². The van der Waals surface area contributed by atoms with Gasteiger partial charge in [-0.05, 0) is 80.3 Å². The molecule has 138 valence electrons. The van der Waals surface area contributed by atoms with Gasteiger partial charge in [-0.1, -0.05) is 12.1 Å². The van der Waals surface area contributed by atoms with Crippen molar-refractivity contribution in [3.63, 3.8) is 0 Å². The van der Waals surface area contributed by atoms with Crippen LogP contribution in [0.2, 0.25) is 0 Å². The smallest absolute Gasteiger partial charge is 0.145 e. The SMILES string of the molecule is Cc1ccc2c(C)cc(-c3c(C)c(C)cc4c3oc3cc(F)ccc34)nc2c1. The van der Waals surface area contributed by atoms with Crippen LogP contribution in [0.5, 0.6) is 0 Å². The van der Waals surface area contributed by atoms with Crippen molar-refractivity contribution in [2.75, 3.05) is 0 Å². The molecule has 0 amide bonds. The number of aryl methyl sites for hydroxylation is 3. The van der Waals surface area contributed by atoms with Crippen molar-refractivity contribution < 1.29 is 8.81 Å². The molecule has 2 heterocycles. The Morgan fingerprint density at radius 2 is 1.57 bits per heavy atom. The largest absolute Gasteiger partial charge is 0.455 e. The number of hydrogen-bond donors (Lipinski definition) is 0. The van der Waals surface area contributed by atoms with E-state index in [1.165, 1.54) is 28.8 Å². The number of pyridine rings is 1. The Bertz CT molecular complexity index is 1410. The van der Waals surface area contributed by atoms with Crippen molar-refractivity contribution in [1.29, 1.82) is 0 Å². The van der Waals surface area contributed by atoms with E-state index in [-0.39, 0.29) is 5.82 Å². The normalized spacial score (nSPS) is 11.8. The van der Waals surface area contributed by atoms with Crippen molar-refractivity contribution in [2.24, 2.45) is 0 Å². The molecule has 0 bridgehead atoms. The minimum Gasteiger partial charge on any atom is -0.455 e. The number of rotatable bonds is 1. The molecular formula is C25H20FNO. The second-order valence-electron chi connectivity index (χ2n) is 7.66. The highest BCUT2D eigenvalue weighted by molar-refractivity contribution is 6.10. The Morgan fingerprint density at radius 1 is 0.786 bits per heavy atom. The van der Waals surface area contributed by atoms with Gasteiger partial charge in [0, 0.05) is 27.8 Å². The Balaban J connectivity index is 1.91. The van der Waals surface area contributed by atoms with Crippen LogP contribution in [-0.2, 0) is 0 Å². The zero-order valence-electron chi connectivity index (χ0n) is 16.4. The van der Waals surface area contributed by atoms with E-state index in [9.17, 15) is 4.39 Å². The van der Waals surface area contributed by atoms with Crippen LogP contribution in [0, 0.1) is 33.5 Å². The van der Waals surface area contributed by atoms with Crippen molar-refractivity contribution in [1.82, 2.24) is 4.98 Å². The molecule has 0 atom stereocenters. The molecule has 0 saturated heterocycles. The van der Waals surface area contributed by atoms with Gasteiger partial charge in [-0.25, -0.2) is 9.37 Å². The topological polar surface area (TPSA) is 26.0 Å². The van der Waals surface area contributed by atoms with Crippen molar-refractivity contribution in [2.45, 2.75) is 27.7 Å². The maximum absolute atomic E-state index is 13.7. The number of benzene rings is 3. The first-order valence-corrected chi connectivity index (χ1v) is 9.43. The molecule has 0 aliphatic rings. The predicted octanol–water partition coefficient (Wildman–Crippen LogP) is 7.17. The summed E-state index contributed by atoms with van der Waals surface area (Å²) in [5.74, 6) is -0.295. The fourth-order valence-electron chi connectivity index (χ4n) is 4.06. The van der Waals surface area contributed by atoms with Crippen LogP contribution in [0.1, 0.15) is 22.3 Å². The highest BCUT2D eigenvalue weighted by Crippen LogP contribution is 2.39. The lowest BCUT2D eigenvalue weighted by molar-refractivity contribution is 0.618. The van der Waals surface area contributed by atoms with E-state index >= 15 is 0 Å². The van der Waals surface area contributed by atoms with E-state index in [1.54, 1.807) is 6.07 Å². The molecule has 0 fully saturated rings. The quantitative estimate of drug-likeness (QED) is 0.313. The van der Waals surface area contributed by atoms with E-state index in [0.29, 0.717) is 5.58 Å². The van der Waals surface area contributed by atoms with Gasteiger partial charge in [-0.15, -0.1) is 0 Å². The lowest BCUT2D eigenvalue weighted by Crippen LogP contribution is -1.94. The third-order valence-electron chi connectivity index (χ3n) is 5.67. The maximum atomic E-state index is 13.7. The summed E-state index contributed by atoms with van der Waals surface area (Å²) in [6.45, 7) is 8.38. The molecule has 0 aliphatic heterocycles. The fourth-order valence-corrected chi connectivity index (χ4v) is 4.06. The fraction of sp³-hybridized carbons (Fsp3) is 0.160. The molecule has 0 aliphatic carbocycles. The first kappa shape index (κ1) is 16.9. The molecule has 5 rings (SSSR count). The Kier molecular flexibility index (Phi) is 3.57. The summed E-state index contributed by atoms with van der Waals surface area (Å²) in [4.78, 5) is 4.97. The third-order valence-corrected chi connectivity index (χ3v) is 5.67. The van der Waals surface area contributed by atoms with Crippen LogP contribution >= 0.6 is 0 Å². The number of furan rings is 1. The van der Waals surface area contributed by atoms with Crippen LogP contribution in [-0.4, -0.2) is 4.98 Å². The summed E-state index contributed by atoms with van der Waals surface area (Å²) in [6.07, 6.45) is 0. The van der Waals surface area contributed by atoms with Crippen molar-refractivity contribution >= 4 is 32.8 Å². The summed E-state index contributed by atoms with van der Waals surface area (Å²) < 4.78 is 19.9. The summed E-state index contributed by atoms with van der Waals surface area (Å²) >= 11 is 0. The second-order valence-corrected chi connectivity index (χ2v) is 7.66. The molecule has 0 saturated carbocycles. The lowest BCUT2D eigenvalue weighted by Gasteiger charge is -2.12. The molecule has 0 spiro atoms. The molecule has 0 N–H and O–H groups in total. The molecule has 2 aromatic heterocycles. The zero-order chi connectivity index (χ0) is 19.6. The van der Waals surface area contributed by atoms with Crippen LogP contribution in [0.3, 0.4) is 0 Å². The molecule has 2 nitrogen and oxygen atoms in total. The number of fused-ring (bicyclic) bond motifs is 4. The van der Waals surface area contributed by atoms with E-state index in [0.717, 1.165) is 44.1 Å². The van der Waals surface area contributed by atoms with Gasteiger partial charge < -0.3 is 4.42 Å².